The van der Waals surface area contributed by atoms with E-state index >= 15 is 0 Å². The molecule has 0 radical (unpaired) electrons. The number of allylic oxidation sites excluding steroid dienone is 1. The molecule has 22 heavy (non-hydrogen) atoms. The van der Waals surface area contributed by atoms with Crippen molar-refractivity contribution in [2.45, 2.75) is 58.3 Å². The van der Waals surface area contributed by atoms with Crippen LogP contribution in [0, 0.1) is 11.3 Å². The third kappa shape index (κ3) is 2.20. The molecule has 3 atom stereocenters. The highest BCUT2D eigenvalue weighted by atomic mass is 16.3. The first-order chi connectivity index (χ1) is 10.3. The quantitative estimate of drug-likeness (QED) is 0.838. The first kappa shape index (κ1) is 15.6. The Bertz CT molecular complexity index is 614. The molecule has 1 fully saturated rings. The molecule has 0 spiro atoms. The van der Waals surface area contributed by atoms with Crippen molar-refractivity contribution in [2.75, 3.05) is 6.61 Å². The molecule has 0 unspecified atom stereocenters. The van der Waals surface area contributed by atoms with Gasteiger partial charge in [0.05, 0.1) is 0 Å². The summed E-state index contributed by atoms with van der Waals surface area (Å²) in [5.74, 6) is 0.813. The number of hydrogen-bond acceptors (Lipinski definition) is 2. The van der Waals surface area contributed by atoms with Crippen molar-refractivity contribution < 1.29 is 10.2 Å². The van der Waals surface area contributed by atoms with Gasteiger partial charge in [-0.2, -0.15) is 0 Å². The van der Waals surface area contributed by atoms with Gasteiger partial charge in [-0.25, -0.2) is 0 Å². The molecule has 120 valence electrons. The molecule has 2 nitrogen and oxygen atoms in total. The van der Waals surface area contributed by atoms with Crippen LogP contribution < -0.4 is 0 Å². The van der Waals surface area contributed by atoms with E-state index in [1.54, 1.807) is 0 Å². The van der Waals surface area contributed by atoms with Gasteiger partial charge in [-0.1, -0.05) is 46.3 Å². The van der Waals surface area contributed by atoms with Gasteiger partial charge in [-0.3, -0.25) is 0 Å². The SMILES string of the molecule is C[C@@H](CO)c1cc2c(cc1O)[C@@]1(C)CCCC(C)(C)[C@@H]1C=C2. The summed E-state index contributed by atoms with van der Waals surface area (Å²) >= 11 is 0. The fourth-order valence-electron chi connectivity index (χ4n) is 4.81. The first-order valence-corrected chi connectivity index (χ1v) is 8.46. The number of aromatic hydroxyl groups is 1. The van der Waals surface area contributed by atoms with E-state index in [1.807, 2.05) is 13.0 Å². The second kappa shape index (κ2) is 5.13. The molecule has 0 amide bonds. The van der Waals surface area contributed by atoms with Crippen LogP contribution in [0.4, 0.5) is 0 Å². The van der Waals surface area contributed by atoms with Gasteiger partial charge in [0.15, 0.2) is 0 Å². The van der Waals surface area contributed by atoms with Crippen LogP contribution >= 0.6 is 0 Å². The maximum absolute atomic E-state index is 10.5. The van der Waals surface area contributed by atoms with Crippen molar-refractivity contribution in [1.29, 1.82) is 0 Å². The lowest BCUT2D eigenvalue weighted by Gasteiger charge is -2.52. The van der Waals surface area contributed by atoms with Crippen LogP contribution in [0.15, 0.2) is 18.2 Å². The van der Waals surface area contributed by atoms with Crippen molar-refractivity contribution in [3.63, 3.8) is 0 Å². The van der Waals surface area contributed by atoms with Crippen LogP contribution in [0.25, 0.3) is 6.08 Å². The molecule has 2 aliphatic carbocycles. The Balaban J connectivity index is 2.13. The van der Waals surface area contributed by atoms with Crippen LogP contribution in [0.5, 0.6) is 5.75 Å². The molecule has 0 heterocycles. The molecule has 0 bridgehead atoms. The van der Waals surface area contributed by atoms with Crippen molar-refractivity contribution in [3.8, 4) is 5.75 Å². The van der Waals surface area contributed by atoms with Crippen molar-refractivity contribution in [1.82, 2.24) is 0 Å². The predicted octanol–water partition coefficient (Wildman–Crippen LogP) is 4.60. The Morgan fingerprint density at radius 2 is 1.95 bits per heavy atom. The Hall–Kier alpha value is -1.28. The summed E-state index contributed by atoms with van der Waals surface area (Å²) in [4.78, 5) is 0. The first-order valence-electron chi connectivity index (χ1n) is 8.46. The summed E-state index contributed by atoms with van der Waals surface area (Å²) in [6, 6.07) is 4.04. The molecule has 1 aromatic carbocycles. The van der Waals surface area contributed by atoms with E-state index < -0.39 is 0 Å². The predicted molar refractivity (Wildman–Crippen MR) is 91.1 cm³/mol. The van der Waals surface area contributed by atoms with E-state index in [1.165, 1.54) is 30.4 Å². The van der Waals surface area contributed by atoms with Crippen LogP contribution in [-0.4, -0.2) is 16.8 Å². The topological polar surface area (TPSA) is 40.5 Å². The lowest BCUT2D eigenvalue weighted by atomic mass is 9.52. The number of hydrogen-bond donors (Lipinski definition) is 2. The maximum atomic E-state index is 10.5. The number of rotatable bonds is 2. The number of aliphatic hydroxyl groups is 1. The fourth-order valence-corrected chi connectivity index (χ4v) is 4.81. The Morgan fingerprint density at radius 1 is 1.23 bits per heavy atom. The van der Waals surface area contributed by atoms with E-state index in [-0.39, 0.29) is 17.9 Å². The summed E-state index contributed by atoms with van der Waals surface area (Å²) in [5, 5.41) is 19.9. The van der Waals surface area contributed by atoms with Crippen LogP contribution in [0.2, 0.25) is 0 Å². The van der Waals surface area contributed by atoms with E-state index in [2.05, 4.69) is 39.0 Å². The molecular formula is C20H28O2. The number of benzene rings is 1. The summed E-state index contributed by atoms with van der Waals surface area (Å²) in [6.45, 7) is 9.10. The number of aliphatic hydroxyl groups excluding tert-OH is 1. The van der Waals surface area contributed by atoms with Gasteiger partial charge < -0.3 is 10.2 Å². The standard InChI is InChI=1S/C20H28O2/c1-13(12-21)15-10-14-6-7-18-19(2,3)8-5-9-20(18,4)16(14)11-17(15)22/h6-7,10-11,13,18,21-22H,5,8-9,12H2,1-4H3/t13-,18-,20+/m0/s1. The molecule has 2 heteroatoms. The average Bonchev–Trinajstić information content (AvgIpc) is 2.45. The second-order valence-corrected chi connectivity index (χ2v) is 8.18. The third-order valence-electron chi connectivity index (χ3n) is 6.13. The minimum absolute atomic E-state index is 0.0352. The van der Waals surface area contributed by atoms with Crippen molar-refractivity contribution in [2.24, 2.45) is 11.3 Å². The average molecular weight is 300 g/mol. The van der Waals surface area contributed by atoms with Crippen LogP contribution in [0.1, 0.15) is 69.6 Å². The largest absolute Gasteiger partial charge is 0.508 e. The smallest absolute Gasteiger partial charge is 0.119 e. The summed E-state index contributed by atoms with van der Waals surface area (Å²) in [6.07, 6.45) is 8.28. The number of phenolic OH excluding ortho intramolecular Hbond substituents is 1. The van der Waals surface area contributed by atoms with Gasteiger partial charge in [-0.05, 0) is 58.4 Å². The zero-order chi connectivity index (χ0) is 16.1. The van der Waals surface area contributed by atoms with Gasteiger partial charge in [0.1, 0.15) is 5.75 Å². The highest BCUT2D eigenvalue weighted by molar-refractivity contribution is 5.64. The summed E-state index contributed by atoms with van der Waals surface area (Å²) in [5.41, 5.74) is 3.74. The lowest BCUT2D eigenvalue weighted by Crippen LogP contribution is -2.45. The molecule has 0 aliphatic heterocycles. The Kier molecular flexibility index (Phi) is 3.64. The molecular weight excluding hydrogens is 272 g/mol. The summed E-state index contributed by atoms with van der Waals surface area (Å²) < 4.78 is 0. The van der Waals surface area contributed by atoms with Gasteiger partial charge in [0.2, 0.25) is 0 Å². The number of phenols is 1. The Morgan fingerprint density at radius 3 is 2.64 bits per heavy atom. The monoisotopic (exact) mass is 300 g/mol. The summed E-state index contributed by atoms with van der Waals surface area (Å²) in [7, 11) is 0. The highest BCUT2D eigenvalue weighted by Gasteiger charge is 2.48. The molecule has 2 aliphatic rings. The van der Waals surface area contributed by atoms with Crippen molar-refractivity contribution in [3.05, 3.63) is 34.9 Å². The van der Waals surface area contributed by atoms with Gasteiger partial charge in [0.25, 0.3) is 0 Å². The molecule has 0 saturated heterocycles. The normalized spacial score (nSPS) is 30.5. The van der Waals surface area contributed by atoms with Crippen LogP contribution in [-0.2, 0) is 5.41 Å². The van der Waals surface area contributed by atoms with E-state index in [0.29, 0.717) is 17.1 Å². The van der Waals surface area contributed by atoms with Gasteiger partial charge in [0, 0.05) is 12.5 Å². The Labute approximate surface area is 133 Å². The zero-order valence-electron chi connectivity index (χ0n) is 14.2. The molecule has 2 N–H and O–H groups in total. The number of fused-ring (bicyclic) bond motifs is 3. The second-order valence-electron chi connectivity index (χ2n) is 8.18. The highest BCUT2D eigenvalue weighted by Crippen LogP contribution is 2.56. The van der Waals surface area contributed by atoms with E-state index in [9.17, 15) is 10.2 Å². The maximum Gasteiger partial charge on any atom is 0.119 e. The zero-order valence-corrected chi connectivity index (χ0v) is 14.2. The van der Waals surface area contributed by atoms with Gasteiger partial charge in [-0.15, -0.1) is 0 Å². The molecule has 0 aromatic heterocycles. The minimum atomic E-state index is -0.0352. The van der Waals surface area contributed by atoms with Crippen LogP contribution in [0.3, 0.4) is 0 Å². The fraction of sp³-hybridized carbons (Fsp3) is 0.600. The van der Waals surface area contributed by atoms with Gasteiger partial charge >= 0.3 is 0 Å². The lowest BCUT2D eigenvalue weighted by molar-refractivity contribution is 0.0908. The third-order valence-corrected chi connectivity index (χ3v) is 6.13. The minimum Gasteiger partial charge on any atom is -0.508 e. The molecule has 1 saturated carbocycles. The van der Waals surface area contributed by atoms with E-state index in [0.717, 1.165) is 5.56 Å². The van der Waals surface area contributed by atoms with E-state index in [4.69, 9.17) is 0 Å². The van der Waals surface area contributed by atoms with Crippen molar-refractivity contribution >= 4 is 6.08 Å². The molecule has 1 aromatic rings. The molecule has 3 rings (SSSR count).